The highest BCUT2D eigenvalue weighted by atomic mass is 16.5. The van der Waals surface area contributed by atoms with Gasteiger partial charge in [-0.1, -0.05) is 30.3 Å². The van der Waals surface area contributed by atoms with Gasteiger partial charge in [0.15, 0.2) is 0 Å². The molecule has 1 aromatic carbocycles. The number of amidine groups is 1. The van der Waals surface area contributed by atoms with Crippen molar-refractivity contribution in [2.24, 2.45) is 22.8 Å². The summed E-state index contributed by atoms with van der Waals surface area (Å²) in [6.07, 6.45) is 5.76. The minimum Gasteiger partial charge on any atom is -0.387 e. The molecule has 1 aliphatic carbocycles. The van der Waals surface area contributed by atoms with Crippen molar-refractivity contribution in [3.05, 3.63) is 47.8 Å². The normalized spacial score (nSPS) is 13.5. The number of hydrogen-bond acceptors (Lipinski definition) is 6. The molecule has 0 atom stereocenters. The van der Waals surface area contributed by atoms with Gasteiger partial charge >= 0.3 is 0 Å². The first-order chi connectivity index (χ1) is 14.7. The lowest BCUT2D eigenvalue weighted by Gasteiger charge is -2.16. The van der Waals surface area contributed by atoms with Crippen molar-refractivity contribution in [1.82, 2.24) is 19.7 Å². The Morgan fingerprint density at radius 2 is 2.10 bits per heavy atom. The molecule has 3 aromatic rings. The zero-order valence-electron chi connectivity index (χ0n) is 17.2. The second kappa shape index (κ2) is 8.96. The maximum Gasteiger partial charge on any atom is 0.251 e. The third-order valence-corrected chi connectivity index (χ3v) is 4.98. The quantitative estimate of drug-likeness (QED) is 0.371. The Bertz CT molecular complexity index is 1090. The van der Waals surface area contributed by atoms with Gasteiger partial charge < -0.3 is 10.5 Å². The molecule has 154 valence electrons. The van der Waals surface area contributed by atoms with E-state index in [4.69, 9.17) is 20.6 Å². The lowest BCUT2D eigenvalue weighted by molar-refractivity contribution is 0.208. The highest BCUT2D eigenvalue weighted by Gasteiger charge is 2.26. The molecule has 0 fully saturated rings. The average molecular weight is 403 g/mol. The van der Waals surface area contributed by atoms with Gasteiger partial charge in [-0.15, -0.1) is 0 Å². The Morgan fingerprint density at radius 1 is 1.27 bits per heavy atom. The van der Waals surface area contributed by atoms with Gasteiger partial charge in [0.2, 0.25) is 0 Å². The van der Waals surface area contributed by atoms with E-state index in [1.807, 2.05) is 36.1 Å². The van der Waals surface area contributed by atoms with Gasteiger partial charge in [-0.05, 0) is 18.4 Å². The molecule has 0 bridgehead atoms. The zero-order valence-corrected chi connectivity index (χ0v) is 17.2. The SMILES string of the molecule is COCCN=CCC(N)=Nc1ncc2c(n1)-c1c(nn(C)c1-c1ccccc1)CC2. The molecule has 0 saturated heterocycles. The van der Waals surface area contributed by atoms with Crippen LogP contribution in [0.1, 0.15) is 17.7 Å². The summed E-state index contributed by atoms with van der Waals surface area (Å²) < 4.78 is 6.90. The predicted molar refractivity (Wildman–Crippen MR) is 118 cm³/mol. The molecule has 0 spiro atoms. The predicted octanol–water partition coefficient (Wildman–Crippen LogP) is 2.74. The number of fused-ring (bicyclic) bond motifs is 3. The maximum atomic E-state index is 6.05. The van der Waals surface area contributed by atoms with Crippen LogP contribution in [0.2, 0.25) is 0 Å². The Balaban J connectivity index is 1.67. The molecule has 0 radical (unpaired) electrons. The number of aliphatic imine (C=N–C) groups is 2. The number of aryl methyl sites for hydroxylation is 3. The largest absolute Gasteiger partial charge is 0.387 e. The number of aromatic nitrogens is 4. The third kappa shape index (κ3) is 4.13. The molecule has 2 N–H and O–H groups in total. The molecule has 0 unspecified atom stereocenters. The fraction of sp³-hybridized carbons (Fsp3) is 0.318. The van der Waals surface area contributed by atoms with Gasteiger partial charge in [-0.2, -0.15) is 10.1 Å². The van der Waals surface area contributed by atoms with Gasteiger partial charge in [0.05, 0.1) is 30.2 Å². The first-order valence-corrected chi connectivity index (χ1v) is 9.95. The topological polar surface area (TPSA) is 104 Å². The molecule has 8 nitrogen and oxygen atoms in total. The van der Waals surface area contributed by atoms with E-state index in [-0.39, 0.29) is 0 Å². The molecule has 8 heteroatoms. The number of nitrogens with zero attached hydrogens (tertiary/aromatic N) is 6. The van der Waals surface area contributed by atoms with E-state index in [0.29, 0.717) is 31.4 Å². The Kier molecular flexibility index (Phi) is 5.94. The first kappa shape index (κ1) is 19.9. The number of methoxy groups -OCH3 is 1. The second-order valence-corrected chi connectivity index (χ2v) is 7.09. The van der Waals surface area contributed by atoms with Gasteiger partial charge in [0.1, 0.15) is 5.84 Å². The summed E-state index contributed by atoms with van der Waals surface area (Å²) in [7, 11) is 3.62. The summed E-state index contributed by atoms with van der Waals surface area (Å²) in [6, 6.07) is 10.3. The molecule has 4 rings (SSSR count). The lowest BCUT2D eigenvalue weighted by atomic mass is 9.91. The fourth-order valence-corrected chi connectivity index (χ4v) is 3.60. The Morgan fingerprint density at radius 3 is 2.90 bits per heavy atom. The molecular formula is C22H25N7O. The van der Waals surface area contributed by atoms with Crippen molar-refractivity contribution in [2.75, 3.05) is 20.3 Å². The van der Waals surface area contributed by atoms with Crippen LogP contribution in [0, 0.1) is 0 Å². The van der Waals surface area contributed by atoms with E-state index in [1.54, 1.807) is 13.3 Å². The fourth-order valence-electron chi connectivity index (χ4n) is 3.60. The van der Waals surface area contributed by atoms with Crippen molar-refractivity contribution >= 4 is 18.0 Å². The Labute approximate surface area is 175 Å². The second-order valence-electron chi connectivity index (χ2n) is 7.09. The van der Waals surface area contributed by atoms with E-state index in [0.717, 1.165) is 46.6 Å². The van der Waals surface area contributed by atoms with Crippen LogP contribution < -0.4 is 5.73 Å². The van der Waals surface area contributed by atoms with Crippen LogP contribution in [-0.4, -0.2) is 52.1 Å². The van der Waals surface area contributed by atoms with Crippen molar-refractivity contribution in [2.45, 2.75) is 19.3 Å². The monoisotopic (exact) mass is 403 g/mol. The molecule has 1 aliphatic rings. The summed E-state index contributed by atoms with van der Waals surface area (Å²) in [5.74, 6) is 0.772. The van der Waals surface area contributed by atoms with E-state index in [1.165, 1.54) is 0 Å². The van der Waals surface area contributed by atoms with E-state index in [9.17, 15) is 0 Å². The standard InChI is InChI=1S/C22H25N7O/c1-29-21(15-6-4-3-5-7-15)19-17(28-29)9-8-16-14-25-22(27-20(16)19)26-18(23)10-11-24-12-13-30-2/h3-7,11,14H,8-10,12-13H2,1-2H3,(H2,23,25,26,27). The number of rotatable bonds is 7. The van der Waals surface area contributed by atoms with Crippen molar-refractivity contribution < 1.29 is 4.74 Å². The lowest BCUT2D eigenvalue weighted by Crippen LogP contribution is -2.12. The molecule has 30 heavy (non-hydrogen) atoms. The Hall–Kier alpha value is -3.39. The van der Waals surface area contributed by atoms with Crippen LogP contribution in [0.15, 0.2) is 46.5 Å². The molecule has 0 amide bonds. The van der Waals surface area contributed by atoms with Gasteiger partial charge in [-0.3, -0.25) is 9.67 Å². The summed E-state index contributed by atoms with van der Waals surface area (Å²) in [4.78, 5) is 17.8. The number of benzene rings is 1. The van der Waals surface area contributed by atoms with Crippen molar-refractivity contribution in [3.63, 3.8) is 0 Å². The van der Waals surface area contributed by atoms with Gasteiger partial charge in [0, 0.05) is 44.1 Å². The average Bonchev–Trinajstić information content (AvgIpc) is 3.10. The summed E-state index contributed by atoms with van der Waals surface area (Å²) >= 11 is 0. The summed E-state index contributed by atoms with van der Waals surface area (Å²) in [5.41, 5.74) is 12.3. The van der Waals surface area contributed by atoms with E-state index in [2.05, 4.69) is 27.1 Å². The van der Waals surface area contributed by atoms with E-state index < -0.39 is 0 Å². The minimum atomic E-state index is 0.354. The van der Waals surface area contributed by atoms with Crippen LogP contribution in [0.25, 0.3) is 22.5 Å². The number of ether oxygens (including phenoxy) is 1. The first-order valence-electron chi connectivity index (χ1n) is 9.95. The number of hydrogen-bond donors (Lipinski definition) is 1. The summed E-state index contributed by atoms with van der Waals surface area (Å²) in [6.45, 7) is 1.18. The van der Waals surface area contributed by atoms with Crippen molar-refractivity contribution in [1.29, 1.82) is 0 Å². The molecule has 0 saturated carbocycles. The molecule has 0 aliphatic heterocycles. The minimum absolute atomic E-state index is 0.354. The van der Waals surface area contributed by atoms with Crippen LogP contribution in [-0.2, 0) is 24.6 Å². The van der Waals surface area contributed by atoms with E-state index >= 15 is 0 Å². The van der Waals surface area contributed by atoms with Crippen LogP contribution in [0.5, 0.6) is 0 Å². The highest BCUT2D eigenvalue weighted by Crippen LogP contribution is 2.39. The maximum absolute atomic E-state index is 6.05. The van der Waals surface area contributed by atoms with Crippen LogP contribution >= 0.6 is 0 Å². The van der Waals surface area contributed by atoms with Crippen molar-refractivity contribution in [3.8, 4) is 22.5 Å². The molecule has 2 aromatic heterocycles. The molecular weight excluding hydrogens is 378 g/mol. The van der Waals surface area contributed by atoms with Crippen LogP contribution in [0.3, 0.4) is 0 Å². The zero-order chi connectivity index (χ0) is 20.9. The van der Waals surface area contributed by atoms with Gasteiger partial charge in [0.25, 0.3) is 5.95 Å². The highest BCUT2D eigenvalue weighted by molar-refractivity contribution is 5.94. The number of nitrogens with two attached hydrogens (primary N) is 1. The molecule has 2 heterocycles. The third-order valence-electron chi connectivity index (χ3n) is 4.98. The van der Waals surface area contributed by atoms with Crippen LogP contribution in [0.4, 0.5) is 5.95 Å². The smallest absolute Gasteiger partial charge is 0.251 e. The van der Waals surface area contributed by atoms with Gasteiger partial charge in [-0.25, -0.2) is 9.97 Å². The summed E-state index contributed by atoms with van der Waals surface area (Å²) in [5, 5.41) is 4.75.